The highest BCUT2D eigenvalue weighted by molar-refractivity contribution is 5.99. The number of rotatable bonds is 6. The van der Waals surface area contributed by atoms with E-state index < -0.39 is 5.97 Å². The molecule has 0 radical (unpaired) electrons. The van der Waals surface area contributed by atoms with Crippen molar-refractivity contribution in [3.63, 3.8) is 0 Å². The van der Waals surface area contributed by atoms with Crippen molar-refractivity contribution >= 4 is 11.8 Å². The van der Waals surface area contributed by atoms with Gasteiger partial charge in [-0.05, 0) is 33.3 Å². The van der Waals surface area contributed by atoms with E-state index >= 15 is 0 Å². The Kier molecular flexibility index (Phi) is 5.37. The van der Waals surface area contributed by atoms with Crippen LogP contribution in [-0.4, -0.2) is 18.4 Å². The molecular formula is C19H22O4. The molecule has 0 aliphatic carbocycles. The number of ether oxygens (including phenoxy) is 1. The maximum absolute atomic E-state index is 12.3. The van der Waals surface area contributed by atoms with Crippen LogP contribution >= 0.6 is 0 Å². The van der Waals surface area contributed by atoms with Crippen molar-refractivity contribution in [3.05, 3.63) is 46.9 Å². The second-order valence-corrected chi connectivity index (χ2v) is 5.62. The molecule has 4 heteroatoms. The van der Waals surface area contributed by atoms with Gasteiger partial charge >= 0.3 is 5.97 Å². The Labute approximate surface area is 136 Å². The standard InChI is InChI=1S/C19H22O4/c1-5-22-19(21)17-14(4)23-16(11-8-13(3)20)18(17)15-9-6-12(2)7-10-15/h6-7,9-10H,5,8,11H2,1-4H3. The Bertz CT molecular complexity index is 708. The molecule has 0 fully saturated rings. The van der Waals surface area contributed by atoms with Gasteiger partial charge in [0.25, 0.3) is 0 Å². The van der Waals surface area contributed by atoms with Gasteiger partial charge in [0, 0.05) is 18.4 Å². The zero-order valence-corrected chi connectivity index (χ0v) is 14.1. The van der Waals surface area contributed by atoms with Gasteiger partial charge < -0.3 is 13.9 Å². The second kappa shape index (κ2) is 7.27. The first-order valence-corrected chi connectivity index (χ1v) is 7.79. The summed E-state index contributed by atoms with van der Waals surface area (Å²) in [6.07, 6.45) is 0.854. The van der Waals surface area contributed by atoms with E-state index in [1.807, 2.05) is 31.2 Å². The average molecular weight is 314 g/mol. The second-order valence-electron chi connectivity index (χ2n) is 5.62. The summed E-state index contributed by atoms with van der Waals surface area (Å²) in [5, 5.41) is 0. The van der Waals surface area contributed by atoms with Crippen LogP contribution in [0.25, 0.3) is 11.1 Å². The quantitative estimate of drug-likeness (QED) is 0.747. The topological polar surface area (TPSA) is 56.5 Å². The third-order valence-corrected chi connectivity index (χ3v) is 3.68. The number of carbonyl (C=O) groups is 2. The minimum Gasteiger partial charge on any atom is -0.465 e. The van der Waals surface area contributed by atoms with E-state index in [9.17, 15) is 9.59 Å². The molecule has 0 aliphatic rings. The number of hydrogen-bond donors (Lipinski definition) is 0. The van der Waals surface area contributed by atoms with E-state index in [1.165, 1.54) is 0 Å². The molecule has 2 aromatic rings. The molecule has 0 atom stereocenters. The van der Waals surface area contributed by atoms with Crippen LogP contribution in [0, 0.1) is 13.8 Å². The fourth-order valence-electron chi connectivity index (χ4n) is 2.54. The Hall–Kier alpha value is -2.36. The van der Waals surface area contributed by atoms with Crippen molar-refractivity contribution in [2.75, 3.05) is 6.61 Å². The lowest BCUT2D eigenvalue weighted by atomic mass is 9.97. The number of aryl methyl sites for hydroxylation is 3. The summed E-state index contributed by atoms with van der Waals surface area (Å²) < 4.78 is 11.0. The molecule has 0 bridgehead atoms. The van der Waals surface area contributed by atoms with E-state index in [-0.39, 0.29) is 5.78 Å². The van der Waals surface area contributed by atoms with Crippen LogP contribution in [0.15, 0.2) is 28.7 Å². The number of furan rings is 1. The molecule has 0 aliphatic heterocycles. The zero-order valence-electron chi connectivity index (χ0n) is 14.1. The molecule has 0 N–H and O–H groups in total. The highest BCUT2D eigenvalue weighted by atomic mass is 16.5. The van der Waals surface area contributed by atoms with Gasteiger partial charge in [-0.1, -0.05) is 29.8 Å². The smallest absolute Gasteiger partial charge is 0.342 e. The van der Waals surface area contributed by atoms with Crippen LogP contribution in [0.4, 0.5) is 0 Å². The predicted octanol–water partition coefficient (Wildman–Crippen LogP) is 4.26. The molecule has 4 nitrogen and oxygen atoms in total. The van der Waals surface area contributed by atoms with Gasteiger partial charge in [0.05, 0.1) is 6.61 Å². The summed E-state index contributed by atoms with van der Waals surface area (Å²) in [6, 6.07) is 7.89. The first kappa shape index (κ1) is 17.0. The fourth-order valence-corrected chi connectivity index (χ4v) is 2.54. The lowest BCUT2D eigenvalue weighted by molar-refractivity contribution is -0.117. The van der Waals surface area contributed by atoms with Crippen LogP contribution in [0.2, 0.25) is 0 Å². The van der Waals surface area contributed by atoms with Crippen LogP contribution in [0.1, 0.15) is 47.7 Å². The Morgan fingerprint density at radius 2 is 1.78 bits per heavy atom. The van der Waals surface area contributed by atoms with E-state index in [1.54, 1.807) is 20.8 Å². The highest BCUT2D eigenvalue weighted by Crippen LogP contribution is 2.34. The average Bonchev–Trinajstić information content (AvgIpc) is 2.83. The van der Waals surface area contributed by atoms with Crippen molar-refractivity contribution in [2.45, 2.75) is 40.5 Å². The Morgan fingerprint density at radius 1 is 1.13 bits per heavy atom. The summed E-state index contributed by atoms with van der Waals surface area (Å²) in [5.74, 6) is 0.882. The molecule has 0 spiro atoms. The summed E-state index contributed by atoms with van der Waals surface area (Å²) in [5.41, 5.74) is 3.22. The van der Waals surface area contributed by atoms with Crippen molar-refractivity contribution in [1.82, 2.24) is 0 Å². The van der Waals surface area contributed by atoms with Crippen LogP contribution in [0.3, 0.4) is 0 Å². The van der Waals surface area contributed by atoms with E-state index in [0.29, 0.717) is 36.5 Å². The van der Waals surface area contributed by atoms with Gasteiger partial charge in [0.15, 0.2) is 0 Å². The molecule has 0 amide bonds. The largest absolute Gasteiger partial charge is 0.465 e. The monoisotopic (exact) mass is 314 g/mol. The van der Waals surface area contributed by atoms with E-state index in [0.717, 1.165) is 16.7 Å². The molecule has 1 aromatic heterocycles. The Morgan fingerprint density at radius 3 is 2.35 bits per heavy atom. The van der Waals surface area contributed by atoms with E-state index in [4.69, 9.17) is 9.15 Å². The SMILES string of the molecule is CCOC(=O)c1c(C)oc(CCC(C)=O)c1-c1ccc(C)cc1. The molecule has 0 saturated carbocycles. The molecule has 1 aromatic carbocycles. The van der Waals surface area contributed by atoms with Gasteiger partial charge in [-0.15, -0.1) is 0 Å². The maximum atomic E-state index is 12.3. The summed E-state index contributed by atoms with van der Waals surface area (Å²) in [7, 11) is 0. The predicted molar refractivity (Wildman–Crippen MR) is 88.6 cm³/mol. The molecule has 122 valence electrons. The van der Waals surface area contributed by atoms with Crippen LogP contribution in [-0.2, 0) is 16.0 Å². The third kappa shape index (κ3) is 3.89. The van der Waals surface area contributed by atoms with E-state index in [2.05, 4.69) is 0 Å². The Balaban J connectivity index is 2.55. The van der Waals surface area contributed by atoms with Gasteiger partial charge in [-0.25, -0.2) is 4.79 Å². The van der Waals surface area contributed by atoms with Gasteiger partial charge in [-0.2, -0.15) is 0 Å². The summed E-state index contributed by atoms with van der Waals surface area (Å²) in [4.78, 5) is 23.6. The van der Waals surface area contributed by atoms with Crippen molar-refractivity contribution in [1.29, 1.82) is 0 Å². The summed E-state index contributed by atoms with van der Waals surface area (Å²) in [6.45, 7) is 7.39. The normalized spacial score (nSPS) is 10.6. The zero-order chi connectivity index (χ0) is 17.0. The number of carbonyl (C=O) groups excluding carboxylic acids is 2. The molecule has 23 heavy (non-hydrogen) atoms. The number of Topliss-reactive ketones (excluding diaryl/α,β-unsaturated/α-hetero) is 1. The lowest BCUT2D eigenvalue weighted by Crippen LogP contribution is -2.07. The molecule has 2 rings (SSSR count). The minimum atomic E-state index is -0.390. The highest BCUT2D eigenvalue weighted by Gasteiger charge is 2.25. The fraction of sp³-hybridized carbons (Fsp3) is 0.368. The molecule has 1 heterocycles. The van der Waals surface area contributed by atoms with Crippen LogP contribution < -0.4 is 0 Å². The van der Waals surface area contributed by atoms with Gasteiger partial charge in [0.2, 0.25) is 0 Å². The maximum Gasteiger partial charge on any atom is 0.342 e. The number of ketones is 1. The van der Waals surface area contributed by atoms with Gasteiger partial charge in [0.1, 0.15) is 22.9 Å². The first-order chi connectivity index (χ1) is 10.9. The minimum absolute atomic E-state index is 0.0894. The van der Waals surface area contributed by atoms with Crippen molar-refractivity contribution in [3.8, 4) is 11.1 Å². The lowest BCUT2D eigenvalue weighted by Gasteiger charge is -2.07. The van der Waals surface area contributed by atoms with Gasteiger partial charge in [-0.3, -0.25) is 0 Å². The van der Waals surface area contributed by atoms with Crippen molar-refractivity contribution in [2.24, 2.45) is 0 Å². The van der Waals surface area contributed by atoms with Crippen molar-refractivity contribution < 1.29 is 18.7 Å². The molecule has 0 unspecified atom stereocenters. The van der Waals surface area contributed by atoms with Crippen LogP contribution in [0.5, 0.6) is 0 Å². The molecular weight excluding hydrogens is 292 g/mol. The number of esters is 1. The third-order valence-electron chi connectivity index (χ3n) is 3.68. The molecule has 0 saturated heterocycles. The number of benzene rings is 1. The number of hydrogen-bond acceptors (Lipinski definition) is 4. The summed E-state index contributed by atoms with van der Waals surface area (Å²) >= 11 is 0. The first-order valence-electron chi connectivity index (χ1n) is 7.79.